The van der Waals surface area contributed by atoms with E-state index in [-0.39, 0.29) is 23.7 Å². The molecule has 1 N–H and O–H groups in total. The number of nitrogens with one attached hydrogen (secondary N) is 1. The van der Waals surface area contributed by atoms with Gasteiger partial charge in [0.15, 0.2) is 0 Å². The molecule has 0 saturated heterocycles. The Morgan fingerprint density at radius 1 is 1.12 bits per heavy atom. The molecule has 0 aromatic heterocycles. The minimum absolute atomic E-state index is 0.0538. The predicted octanol–water partition coefficient (Wildman–Crippen LogP) is 3.05. The van der Waals surface area contributed by atoms with Crippen molar-refractivity contribution >= 4 is 17.6 Å². The van der Waals surface area contributed by atoms with Crippen LogP contribution in [0.4, 0.5) is 0 Å². The summed E-state index contributed by atoms with van der Waals surface area (Å²) in [7, 11) is 0. The van der Waals surface area contributed by atoms with Gasteiger partial charge in [0.05, 0.1) is 23.8 Å². The van der Waals surface area contributed by atoms with E-state index >= 15 is 0 Å². The van der Waals surface area contributed by atoms with E-state index in [1.54, 1.807) is 6.92 Å². The van der Waals surface area contributed by atoms with Crippen LogP contribution in [0, 0.1) is 5.92 Å². The molecule has 1 amide bonds. The van der Waals surface area contributed by atoms with Crippen LogP contribution in [0.1, 0.15) is 29.5 Å². The number of carbonyl (C=O) groups excluding carboxylic acids is 2. The molecule has 0 unspecified atom stereocenters. The molecule has 0 spiro atoms. The first-order valence-corrected chi connectivity index (χ1v) is 8.56. The van der Waals surface area contributed by atoms with Crippen LogP contribution in [0.3, 0.4) is 0 Å². The number of esters is 1. The average molecular weight is 333 g/mol. The molecule has 2 aromatic carbocycles. The summed E-state index contributed by atoms with van der Waals surface area (Å²) in [5.41, 5.74) is 4.13. The third-order valence-electron chi connectivity index (χ3n) is 4.96. The first kappa shape index (κ1) is 15.6. The summed E-state index contributed by atoms with van der Waals surface area (Å²) in [4.78, 5) is 25.6. The largest absolute Gasteiger partial charge is 0.463 e. The molecule has 1 aliphatic carbocycles. The minimum Gasteiger partial charge on any atom is -0.463 e. The number of fused-ring (bicyclic) bond motifs is 3. The molecular formula is C21H19NO3. The number of hydrogen-bond donors (Lipinski definition) is 1. The Balaban J connectivity index is 1.87. The van der Waals surface area contributed by atoms with Gasteiger partial charge in [-0.3, -0.25) is 4.79 Å². The summed E-state index contributed by atoms with van der Waals surface area (Å²) in [6.45, 7) is 2.10. The summed E-state index contributed by atoms with van der Waals surface area (Å²) in [6.07, 6.45) is 0.679. The average Bonchev–Trinajstić information content (AvgIpc) is 3.02. The predicted molar refractivity (Wildman–Crippen MR) is 94.5 cm³/mol. The molecule has 4 heteroatoms. The van der Waals surface area contributed by atoms with Crippen molar-refractivity contribution in [2.75, 3.05) is 6.61 Å². The minimum atomic E-state index is -0.343. The Morgan fingerprint density at radius 3 is 2.60 bits per heavy atom. The lowest BCUT2D eigenvalue weighted by Gasteiger charge is -2.30. The SMILES string of the molecule is CCOC(=O)C1=C(c2ccccc2)NC(=O)[C@H]2c3ccccc3C[C@H]12. The molecule has 4 nitrogen and oxygen atoms in total. The molecule has 126 valence electrons. The van der Waals surface area contributed by atoms with Gasteiger partial charge in [-0.25, -0.2) is 4.79 Å². The van der Waals surface area contributed by atoms with Crippen molar-refractivity contribution in [3.63, 3.8) is 0 Å². The van der Waals surface area contributed by atoms with Crippen LogP contribution < -0.4 is 5.32 Å². The van der Waals surface area contributed by atoms with Crippen LogP contribution >= 0.6 is 0 Å². The topological polar surface area (TPSA) is 55.4 Å². The van der Waals surface area contributed by atoms with E-state index in [1.165, 1.54) is 0 Å². The summed E-state index contributed by atoms with van der Waals surface area (Å²) in [5.74, 6) is -0.908. The number of ether oxygens (including phenoxy) is 1. The van der Waals surface area contributed by atoms with Gasteiger partial charge in [0.1, 0.15) is 0 Å². The molecule has 0 radical (unpaired) electrons. The van der Waals surface area contributed by atoms with Crippen LogP contribution in [0.15, 0.2) is 60.2 Å². The summed E-state index contributed by atoms with van der Waals surface area (Å²) < 4.78 is 5.33. The van der Waals surface area contributed by atoms with Crippen LogP contribution in [-0.2, 0) is 20.7 Å². The maximum absolute atomic E-state index is 12.9. The smallest absolute Gasteiger partial charge is 0.336 e. The molecule has 2 aliphatic rings. The van der Waals surface area contributed by atoms with Gasteiger partial charge in [-0.2, -0.15) is 0 Å². The van der Waals surface area contributed by atoms with E-state index in [2.05, 4.69) is 5.32 Å². The second kappa shape index (κ2) is 6.20. The van der Waals surface area contributed by atoms with E-state index in [0.717, 1.165) is 16.7 Å². The zero-order chi connectivity index (χ0) is 17.4. The molecule has 0 bridgehead atoms. The first-order chi connectivity index (χ1) is 12.2. The number of benzene rings is 2. The lowest BCUT2D eigenvalue weighted by atomic mass is 9.80. The van der Waals surface area contributed by atoms with Gasteiger partial charge in [0.25, 0.3) is 0 Å². The van der Waals surface area contributed by atoms with Gasteiger partial charge in [-0.1, -0.05) is 54.6 Å². The fraction of sp³-hybridized carbons (Fsp3) is 0.238. The van der Waals surface area contributed by atoms with E-state index < -0.39 is 0 Å². The van der Waals surface area contributed by atoms with Gasteiger partial charge in [-0.05, 0) is 30.0 Å². The van der Waals surface area contributed by atoms with E-state index in [1.807, 2.05) is 54.6 Å². The van der Waals surface area contributed by atoms with Crippen molar-refractivity contribution in [1.82, 2.24) is 5.32 Å². The first-order valence-electron chi connectivity index (χ1n) is 8.56. The highest BCUT2D eigenvalue weighted by atomic mass is 16.5. The highest BCUT2D eigenvalue weighted by molar-refractivity contribution is 6.06. The monoisotopic (exact) mass is 333 g/mol. The Bertz CT molecular complexity index is 870. The zero-order valence-electron chi connectivity index (χ0n) is 14.0. The lowest BCUT2D eigenvalue weighted by molar-refractivity contribution is -0.139. The van der Waals surface area contributed by atoms with Crippen molar-refractivity contribution in [3.8, 4) is 0 Å². The second-order valence-corrected chi connectivity index (χ2v) is 6.35. The number of carbonyl (C=O) groups is 2. The molecule has 0 saturated carbocycles. The maximum atomic E-state index is 12.9. The van der Waals surface area contributed by atoms with E-state index in [9.17, 15) is 9.59 Å². The van der Waals surface area contributed by atoms with E-state index in [0.29, 0.717) is 24.3 Å². The molecule has 4 rings (SSSR count). The van der Waals surface area contributed by atoms with Crippen LogP contribution in [0.2, 0.25) is 0 Å². The molecular weight excluding hydrogens is 314 g/mol. The summed E-state index contributed by atoms with van der Waals surface area (Å²) >= 11 is 0. The highest BCUT2D eigenvalue weighted by Gasteiger charge is 2.46. The molecule has 0 fully saturated rings. The van der Waals surface area contributed by atoms with Crippen LogP contribution in [0.25, 0.3) is 5.70 Å². The third-order valence-corrected chi connectivity index (χ3v) is 4.96. The number of rotatable bonds is 3. The third kappa shape index (κ3) is 2.54. The van der Waals surface area contributed by atoms with Crippen molar-refractivity contribution in [1.29, 1.82) is 0 Å². The maximum Gasteiger partial charge on any atom is 0.336 e. The van der Waals surface area contributed by atoms with E-state index in [4.69, 9.17) is 4.74 Å². The normalized spacial score (nSPS) is 21.4. The summed E-state index contributed by atoms with van der Waals surface area (Å²) in [5, 5.41) is 2.97. The zero-order valence-corrected chi connectivity index (χ0v) is 14.0. The fourth-order valence-electron chi connectivity index (χ4n) is 3.94. The van der Waals surface area contributed by atoms with Crippen molar-refractivity contribution in [2.45, 2.75) is 19.3 Å². The molecule has 25 heavy (non-hydrogen) atoms. The van der Waals surface area contributed by atoms with Gasteiger partial charge < -0.3 is 10.1 Å². The fourth-order valence-corrected chi connectivity index (χ4v) is 3.94. The number of amides is 1. The standard InChI is InChI=1S/C21H19NO3/c1-2-25-21(24)18-16-12-14-10-6-7-11-15(14)17(16)20(23)22-19(18)13-8-4-3-5-9-13/h3-11,16-17H,2,12H2,1H3,(H,22,23)/t16-,17-/m0/s1. The van der Waals surface area contributed by atoms with Gasteiger partial charge in [-0.15, -0.1) is 0 Å². The molecule has 1 heterocycles. The molecule has 2 atom stereocenters. The van der Waals surface area contributed by atoms with Crippen molar-refractivity contribution in [2.24, 2.45) is 5.92 Å². The summed E-state index contributed by atoms with van der Waals surface area (Å²) in [6, 6.07) is 17.4. The molecule has 1 aliphatic heterocycles. The van der Waals surface area contributed by atoms with Gasteiger partial charge in [0.2, 0.25) is 5.91 Å². The highest BCUT2D eigenvalue weighted by Crippen LogP contribution is 2.46. The van der Waals surface area contributed by atoms with Crippen LogP contribution in [-0.4, -0.2) is 18.5 Å². The Labute approximate surface area is 146 Å². The van der Waals surface area contributed by atoms with Gasteiger partial charge in [0, 0.05) is 5.92 Å². The second-order valence-electron chi connectivity index (χ2n) is 6.35. The Morgan fingerprint density at radius 2 is 1.84 bits per heavy atom. The molecule has 2 aromatic rings. The van der Waals surface area contributed by atoms with Crippen LogP contribution in [0.5, 0.6) is 0 Å². The lowest BCUT2D eigenvalue weighted by Crippen LogP contribution is -2.40. The quantitative estimate of drug-likeness (QED) is 0.879. The Kier molecular flexibility index (Phi) is 3.88. The van der Waals surface area contributed by atoms with Gasteiger partial charge >= 0.3 is 5.97 Å². The Hall–Kier alpha value is -2.88. The number of hydrogen-bond acceptors (Lipinski definition) is 3. The van der Waals surface area contributed by atoms with Crippen molar-refractivity contribution < 1.29 is 14.3 Å². The van der Waals surface area contributed by atoms with Crippen molar-refractivity contribution in [3.05, 3.63) is 76.9 Å².